The van der Waals surface area contributed by atoms with Gasteiger partial charge in [0.05, 0.1) is 6.04 Å². The number of carbonyl (C=O) groups is 1. The highest BCUT2D eigenvalue weighted by Gasteiger charge is 2.40. The SMILES string of the molecule is CCC(N)C(=O)N1CC(C)CC1(C)C. The molecule has 2 N–H and O–H groups in total. The van der Waals surface area contributed by atoms with Crippen molar-refractivity contribution in [3.8, 4) is 0 Å². The second-order valence-corrected chi connectivity index (χ2v) is 5.09. The summed E-state index contributed by atoms with van der Waals surface area (Å²) in [6, 6.07) is -0.320. The molecular formula is C11H22N2O. The standard InChI is InChI=1S/C11H22N2O/c1-5-9(12)10(14)13-7-8(2)6-11(13,3)4/h8-9H,5-7,12H2,1-4H3. The molecule has 1 aliphatic rings. The van der Waals surface area contributed by atoms with Gasteiger partial charge in [-0.2, -0.15) is 0 Å². The Kier molecular flexibility index (Phi) is 3.20. The summed E-state index contributed by atoms with van der Waals surface area (Å²) in [5.41, 5.74) is 5.76. The Balaban J connectivity index is 2.73. The Labute approximate surface area is 86.6 Å². The van der Waals surface area contributed by atoms with Crippen LogP contribution >= 0.6 is 0 Å². The van der Waals surface area contributed by atoms with Gasteiger partial charge in [0.1, 0.15) is 0 Å². The predicted molar refractivity (Wildman–Crippen MR) is 57.8 cm³/mol. The van der Waals surface area contributed by atoms with Gasteiger partial charge in [0.15, 0.2) is 0 Å². The lowest BCUT2D eigenvalue weighted by Gasteiger charge is -2.33. The maximum absolute atomic E-state index is 11.9. The van der Waals surface area contributed by atoms with Crippen molar-refractivity contribution in [1.29, 1.82) is 0 Å². The lowest BCUT2D eigenvalue weighted by Crippen LogP contribution is -2.50. The van der Waals surface area contributed by atoms with Crippen LogP contribution in [-0.2, 0) is 4.79 Å². The second-order valence-electron chi connectivity index (χ2n) is 5.09. The maximum Gasteiger partial charge on any atom is 0.239 e. The van der Waals surface area contributed by atoms with Crippen molar-refractivity contribution >= 4 is 5.91 Å². The molecule has 1 saturated heterocycles. The first-order valence-electron chi connectivity index (χ1n) is 5.45. The fraction of sp³-hybridized carbons (Fsp3) is 0.909. The molecule has 82 valence electrons. The zero-order valence-corrected chi connectivity index (χ0v) is 9.71. The molecule has 2 unspecified atom stereocenters. The van der Waals surface area contributed by atoms with E-state index >= 15 is 0 Å². The van der Waals surface area contributed by atoms with Crippen LogP contribution in [0.4, 0.5) is 0 Å². The van der Waals surface area contributed by atoms with E-state index in [-0.39, 0.29) is 17.5 Å². The fourth-order valence-electron chi connectivity index (χ4n) is 2.35. The Morgan fingerprint density at radius 2 is 2.21 bits per heavy atom. The number of rotatable bonds is 2. The molecule has 1 rings (SSSR count). The van der Waals surface area contributed by atoms with Gasteiger partial charge in [-0.3, -0.25) is 4.79 Å². The van der Waals surface area contributed by atoms with Crippen LogP contribution in [0.25, 0.3) is 0 Å². The first-order chi connectivity index (χ1) is 6.38. The molecule has 1 aliphatic heterocycles. The van der Waals surface area contributed by atoms with Crippen LogP contribution in [0.3, 0.4) is 0 Å². The maximum atomic E-state index is 11.9. The van der Waals surface area contributed by atoms with Gasteiger partial charge in [-0.25, -0.2) is 0 Å². The third-order valence-electron chi connectivity index (χ3n) is 3.10. The van der Waals surface area contributed by atoms with Gasteiger partial charge in [0.25, 0.3) is 0 Å². The number of likely N-dealkylation sites (tertiary alicyclic amines) is 1. The number of nitrogens with two attached hydrogens (primary N) is 1. The average molecular weight is 198 g/mol. The highest BCUT2D eigenvalue weighted by molar-refractivity contribution is 5.82. The first-order valence-corrected chi connectivity index (χ1v) is 5.45. The molecule has 1 fully saturated rings. The van der Waals surface area contributed by atoms with Gasteiger partial charge < -0.3 is 10.6 Å². The van der Waals surface area contributed by atoms with Gasteiger partial charge in [0.2, 0.25) is 5.91 Å². The van der Waals surface area contributed by atoms with E-state index < -0.39 is 0 Å². The zero-order valence-electron chi connectivity index (χ0n) is 9.71. The molecule has 0 radical (unpaired) electrons. The number of carbonyl (C=O) groups excluding carboxylic acids is 1. The topological polar surface area (TPSA) is 46.3 Å². The number of amides is 1. The average Bonchev–Trinajstić information content (AvgIpc) is 2.36. The van der Waals surface area contributed by atoms with Gasteiger partial charge in [0, 0.05) is 12.1 Å². The van der Waals surface area contributed by atoms with Crippen LogP contribution in [0.2, 0.25) is 0 Å². The van der Waals surface area contributed by atoms with E-state index in [1.807, 2.05) is 11.8 Å². The van der Waals surface area contributed by atoms with Crippen molar-refractivity contribution in [3.05, 3.63) is 0 Å². The molecule has 14 heavy (non-hydrogen) atoms. The number of nitrogens with zero attached hydrogens (tertiary/aromatic N) is 1. The molecule has 1 heterocycles. The zero-order chi connectivity index (χ0) is 10.9. The molecule has 0 saturated carbocycles. The van der Waals surface area contributed by atoms with Crippen LogP contribution in [0.5, 0.6) is 0 Å². The predicted octanol–water partition coefficient (Wildman–Crippen LogP) is 1.37. The molecular weight excluding hydrogens is 176 g/mol. The van der Waals surface area contributed by atoms with E-state index in [1.54, 1.807) is 0 Å². The normalized spacial score (nSPS) is 27.8. The summed E-state index contributed by atoms with van der Waals surface area (Å²) >= 11 is 0. The highest BCUT2D eigenvalue weighted by atomic mass is 16.2. The second kappa shape index (κ2) is 3.89. The molecule has 0 spiro atoms. The number of hydrogen-bond acceptors (Lipinski definition) is 2. The molecule has 3 nitrogen and oxygen atoms in total. The monoisotopic (exact) mass is 198 g/mol. The highest BCUT2D eigenvalue weighted by Crippen LogP contribution is 2.32. The van der Waals surface area contributed by atoms with Crippen molar-refractivity contribution in [1.82, 2.24) is 4.90 Å². The Morgan fingerprint density at radius 3 is 2.57 bits per heavy atom. The largest absolute Gasteiger partial charge is 0.336 e. The van der Waals surface area contributed by atoms with E-state index in [2.05, 4.69) is 20.8 Å². The molecule has 2 atom stereocenters. The molecule has 1 amide bonds. The number of hydrogen-bond donors (Lipinski definition) is 1. The van der Waals surface area contributed by atoms with Crippen molar-refractivity contribution < 1.29 is 4.79 Å². The Hall–Kier alpha value is -0.570. The quantitative estimate of drug-likeness (QED) is 0.728. The van der Waals surface area contributed by atoms with E-state index in [0.29, 0.717) is 5.92 Å². The van der Waals surface area contributed by atoms with E-state index in [1.165, 1.54) is 0 Å². The minimum Gasteiger partial charge on any atom is -0.336 e. The summed E-state index contributed by atoms with van der Waals surface area (Å²) in [6.45, 7) is 9.24. The smallest absolute Gasteiger partial charge is 0.239 e. The van der Waals surface area contributed by atoms with Gasteiger partial charge in [-0.15, -0.1) is 0 Å². The summed E-state index contributed by atoms with van der Waals surface area (Å²) in [5, 5.41) is 0. The fourth-order valence-corrected chi connectivity index (χ4v) is 2.35. The van der Waals surface area contributed by atoms with Gasteiger partial charge in [-0.05, 0) is 32.6 Å². The van der Waals surface area contributed by atoms with Crippen molar-refractivity contribution in [2.45, 2.75) is 52.1 Å². The third-order valence-corrected chi connectivity index (χ3v) is 3.10. The summed E-state index contributed by atoms with van der Waals surface area (Å²) in [7, 11) is 0. The van der Waals surface area contributed by atoms with E-state index in [4.69, 9.17) is 5.73 Å². The molecule has 0 aromatic carbocycles. The minimum atomic E-state index is -0.320. The minimum absolute atomic E-state index is 0.0106. The lowest BCUT2D eigenvalue weighted by molar-refractivity contribution is -0.135. The first kappa shape index (κ1) is 11.5. The van der Waals surface area contributed by atoms with Crippen LogP contribution in [0, 0.1) is 5.92 Å². The van der Waals surface area contributed by atoms with E-state index in [0.717, 1.165) is 19.4 Å². The van der Waals surface area contributed by atoms with Crippen molar-refractivity contribution in [2.24, 2.45) is 11.7 Å². The third kappa shape index (κ3) is 2.08. The summed E-state index contributed by atoms with van der Waals surface area (Å²) in [6.07, 6.45) is 1.80. The van der Waals surface area contributed by atoms with Gasteiger partial charge in [-0.1, -0.05) is 13.8 Å². The van der Waals surface area contributed by atoms with Crippen molar-refractivity contribution in [2.75, 3.05) is 6.54 Å². The molecule has 0 aromatic rings. The molecule has 0 aliphatic carbocycles. The van der Waals surface area contributed by atoms with Crippen LogP contribution in [0.15, 0.2) is 0 Å². The van der Waals surface area contributed by atoms with Crippen LogP contribution < -0.4 is 5.73 Å². The van der Waals surface area contributed by atoms with Crippen molar-refractivity contribution in [3.63, 3.8) is 0 Å². The van der Waals surface area contributed by atoms with Crippen LogP contribution in [0.1, 0.15) is 40.5 Å². The molecule has 3 heteroatoms. The van der Waals surface area contributed by atoms with E-state index in [9.17, 15) is 4.79 Å². The Bertz CT molecular complexity index is 225. The lowest BCUT2D eigenvalue weighted by atomic mass is 9.97. The Morgan fingerprint density at radius 1 is 1.64 bits per heavy atom. The van der Waals surface area contributed by atoms with Crippen LogP contribution in [-0.4, -0.2) is 28.9 Å². The summed E-state index contributed by atoms with van der Waals surface area (Å²) < 4.78 is 0. The molecule has 0 aromatic heterocycles. The molecule has 0 bridgehead atoms. The summed E-state index contributed by atoms with van der Waals surface area (Å²) in [5.74, 6) is 0.708. The van der Waals surface area contributed by atoms with Gasteiger partial charge >= 0.3 is 0 Å². The summed E-state index contributed by atoms with van der Waals surface area (Å²) in [4.78, 5) is 13.9.